The summed E-state index contributed by atoms with van der Waals surface area (Å²) in [6, 6.07) is 6.53. The van der Waals surface area contributed by atoms with Crippen molar-refractivity contribution < 1.29 is 4.79 Å². The maximum atomic E-state index is 13.0. The third kappa shape index (κ3) is 2.60. The molecule has 1 fully saturated rings. The third-order valence-corrected chi connectivity index (χ3v) is 7.05. The first kappa shape index (κ1) is 16.9. The van der Waals surface area contributed by atoms with Crippen LogP contribution >= 0.6 is 11.5 Å². The molecule has 2 unspecified atom stereocenters. The van der Waals surface area contributed by atoms with Gasteiger partial charge >= 0.3 is 0 Å². The Labute approximate surface area is 162 Å². The van der Waals surface area contributed by atoms with E-state index in [-0.39, 0.29) is 11.4 Å². The Morgan fingerprint density at radius 2 is 2.37 bits per heavy atom. The highest BCUT2D eigenvalue weighted by molar-refractivity contribution is 7.09. The number of nitrogens with one attached hydrogen (secondary N) is 2. The summed E-state index contributed by atoms with van der Waals surface area (Å²) < 4.78 is 4.16. The minimum absolute atomic E-state index is 0.0241. The first-order chi connectivity index (χ1) is 13.1. The molecule has 0 saturated carbocycles. The Balaban J connectivity index is 1.52. The van der Waals surface area contributed by atoms with Crippen LogP contribution in [0.1, 0.15) is 42.1 Å². The van der Waals surface area contributed by atoms with E-state index < -0.39 is 0 Å². The van der Waals surface area contributed by atoms with E-state index in [1.165, 1.54) is 33.6 Å². The van der Waals surface area contributed by atoms with E-state index in [2.05, 4.69) is 56.0 Å². The Morgan fingerprint density at radius 1 is 1.48 bits per heavy atom. The Hall–Kier alpha value is -2.25. The number of nitrogens with zero attached hydrogens (tertiary/aromatic N) is 3. The molecule has 2 aliphatic rings. The fraction of sp³-hybridized carbons (Fsp3) is 0.450. The van der Waals surface area contributed by atoms with Gasteiger partial charge in [-0.2, -0.15) is 4.37 Å². The highest BCUT2D eigenvalue weighted by atomic mass is 32.1. The predicted octanol–water partition coefficient (Wildman–Crippen LogP) is 3.46. The number of anilines is 1. The summed E-state index contributed by atoms with van der Waals surface area (Å²) >= 11 is 1.24. The first-order valence-electron chi connectivity index (χ1n) is 9.47. The number of H-pyrrole nitrogens is 1. The lowest BCUT2D eigenvalue weighted by molar-refractivity contribution is -0.120. The van der Waals surface area contributed by atoms with Crippen LogP contribution in [0.15, 0.2) is 24.4 Å². The van der Waals surface area contributed by atoms with Crippen molar-refractivity contribution in [3.63, 3.8) is 0 Å². The second-order valence-electron chi connectivity index (χ2n) is 7.85. The van der Waals surface area contributed by atoms with Crippen LogP contribution in [0.3, 0.4) is 0 Å². The number of aromatic nitrogens is 3. The number of aryl methyl sites for hydroxylation is 1. The summed E-state index contributed by atoms with van der Waals surface area (Å²) in [6.07, 6.45) is 5.78. The van der Waals surface area contributed by atoms with E-state index in [0.717, 1.165) is 25.8 Å². The zero-order valence-electron chi connectivity index (χ0n) is 15.6. The number of amides is 1. The number of fused-ring (bicyclic) bond motifs is 2. The van der Waals surface area contributed by atoms with Gasteiger partial charge in [-0.3, -0.25) is 9.69 Å². The molecule has 5 rings (SSSR count). The molecule has 2 N–H and O–H groups in total. The van der Waals surface area contributed by atoms with Crippen molar-refractivity contribution in [1.82, 2.24) is 19.2 Å². The fourth-order valence-electron chi connectivity index (χ4n) is 5.15. The lowest BCUT2D eigenvalue weighted by atomic mass is 9.64. The quantitative estimate of drug-likeness (QED) is 0.729. The molecule has 1 aliphatic carbocycles. The summed E-state index contributed by atoms with van der Waals surface area (Å²) in [5, 5.41) is 4.93. The third-order valence-electron chi connectivity index (χ3n) is 6.33. The number of likely N-dealkylation sites (tertiary alicyclic amines) is 1. The molecule has 2 atom stereocenters. The van der Waals surface area contributed by atoms with E-state index in [1.807, 2.05) is 6.92 Å². The number of hydrogen-bond donors (Lipinski definition) is 2. The molecule has 0 radical (unpaired) electrons. The van der Waals surface area contributed by atoms with Crippen LogP contribution in [0.4, 0.5) is 5.13 Å². The number of carbonyl (C=O) groups is 1. The second-order valence-corrected chi connectivity index (χ2v) is 8.60. The van der Waals surface area contributed by atoms with E-state index in [4.69, 9.17) is 0 Å². The zero-order valence-corrected chi connectivity index (χ0v) is 16.4. The number of likely N-dealkylation sites (N-methyl/N-ethyl adjacent to an activating group) is 1. The molecule has 3 aromatic rings. The van der Waals surface area contributed by atoms with Crippen LogP contribution in [-0.2, 0) is 11.2 Å². The van der Waals surface area contributed by atoms with E-state index >= 15 is 0 Å². The molecule has 27 heavy (non-hydrogen) atoms. The number of piperidine rings is 1. The summed E-state index contributed by atoms with van der Waals surface area (Å²) in [6.45, 7) is 2.86. The number of benzene rings is 1. The van der Waals surface area contributed by atoms with Gasteiger partial charge in [-0.25, -0.2) is 4.98 Å². The van der Waals surface area contributed by atoms with Gasteiger partial charge in [0.25, 0.3) is 0 Å². The standard InChI is InChI=1S/C20H23N5OS/c1-12-22-19(27-24-12)23-17(26)10-20-9-13-11-21-16-7-3-5-14(18(13)16)15(20)6-4-8-25(20)2/h3,5,7,11,15,21H,4,6,8-10H2,1-2H3,(H,22,23,24,26). The molecule has 1 aliphatic heterocycles. The summed E-state index contributed by atoms with van der Waals surface area (Å²) in [7, 11) is 2.17. The van der Waals surface area contributed by atoms with Crippen molar-refractivity contribution in [2.45, 2.75) is 44.1 Å². The zero-order chi connectivity index (χ0) is 18.6. The minimum Gasteiger partial charge on any atom is -0.361 e. The van der Waals surface area contributed by atoms with Crippen molar-refractivity contribution >= 4 is 33.5 Å². The summed E-state index contributed by atoms with van der Waals surface area (Å²) in [5.74, 6) is 1.09. The van der Waals surface area contributed by atoms with Gasteiger partial charge in [-0.05, 0) is 57.0 Å². The molecule has 1 saturated heterocycles. The van der Waals surface area contributed by atoms with Gasteiger partial charge in [0.1, 0.15) is 5.82 Å². The van der Waals surface area contributed by atoms with Crippen LogP contribution in [0.2, 0.25) is 0 Å². The Morgan fingerprint density at radius 3 is 3.19 bits per heavy atom. The van der Waals surface area contributed by atoms with Crippen molar-refractivity contribution in [2.24, 2.45) is 0 Å². The first-order valence-corrected chi connectivity index (χ1v) is 10.2. The van der Waals surface area contributed by atoms with Crippen molar-refractivity contribution in [3.8, 4) is 0 Å². The average Bonchev–Trinajstić information content (AvgIpc) is 3.23. The highest BCUT2D eigenvalue weighted by Crippen LogP contribution is 2.50. The summed E-state index contributed by atoms with van der Waals surface area (Å²) in [4.78, 5) is 23.1. The molecule has 0 bridgehead atoms. The number of hydrogen-bond acceptors (Lipinski definition) is 5. The molecular formula is C20H23N5OS. The molecule has 2 aromatic heterocycles. The molecule has 0 spiro atoms. The lowest BCUT2D eigenvalue weighted by Gasteiger charge is -2.53. The van der Waals surface area contributed by atoms with Gasteiger partial charge in [0.2, 0.25) is 11.0 Å². The second kappa shape index (κ2) is 6.14. The Kier molecular flexibility index (Phi) is 3.84. The highest BCUT2D eigenvalue weighted by Gasteiger charge is 2.49. The number of rotatable bonds is 3. The van der Waals surface area contributed by atoms with Gasteiger partial charge < -0.3 is 10.3 Å². The van der Waals surface area contributed by atoms with Crippen LogP contribution in [0, 0.1) is 6.92 Å². The normalized spacial score (nSPS) is 24.7. The summed E-state index contributed by atoms with van der Waals surface area (Å²) in [5.41, 5.74) is 3.73. The monoisotopic (exact) mass is 381 g/mol. The lowest BCUT2D eigenvalue weighted by Crippen LogP contribution is -2.58. The number of aromatic amines is 1. The molecule has 3 heterocycles. The largest absolute Gasteiger partial charge is 0.361 e. The van der Waals surface area contributed by atoms with E-state index in [9.17, 15) is 4.79 Å². The maximum absolute atomic E-state index is 13.0. The topological polar surface area (TPSA) is 73.9 Å². The predicted molar refractivity (Wildman–Crippen MR) is 107 cm³/mol. The molecule has 1 amide bonds. The SMILES string of the molecule is Cc1nsc(NC(=O)CC23Cc4c[nH]c5cccc(c45)C2CCCN3C)n1. The molecule has 7 heteroatoms. The van der Waals surface area contributed by atoms with Gasteiger partial charge in [-0.1, -0.05) is 12.1 Å². The van der Waals surface area contributed by atoms with Crippen LogP contribution in [0.5, 0.6) is 0 Å². The van der Waals surface area contributed by atoms with Crippen molar-refractivity contribution in [2.75, 3.05) is 18.9 Å². The fourth-order valence-corrected chi connectivity index (χ4v) is 5.74. The smallest absolute Gasteiger partial charge is 0.228 e. The average molecular weight is 382 g/mol. The van der Waals surface area contributed by atoms with Gasteiger partial charge in [0.05, 0.1) is 0 Å². The molecule has 6 nitrogen and oxygen atoms in total. The van der Waals surface area contributed by atoms with Crippen LogP contribution < -0.4 is 5.32 Å². The number of carbonyl (C=O) groups excluding carboxylic acids is 1. The van der Waals surface area contributed by atoms with E-state index in [0.29, 0.717) is 23.3 Å². The molecule has 140 valence electrons. The minimum atomic E-state index is -0.189. The van der Waals surface area contributed by atoms with Gasteiger partial charge in [-0.15, -0.1) is 0 Å². The van der Waals surface area contributed by atoms with Crippen molar-refractivity contribution in [1.29, 1.82) is 0 Å². The van der Waals surface area contributed by atoms with Crippen molar-refractivity contribution in [3.05, 3.63) is 41.3 Å². The maximum Gasteiger partial charge on any atom is 0.228 e. The van der Waals surface area contributed by atoms with Crippen LogP contribution in [0.25, 0.3) is 10.9 Å². The van der Waals surface area contributed by atoms with Gasteiger partial charge in [0, 0.05) is 46.5 Å². The molecular weight excluding hydrogens is 358 g/mol. The molecule has 1 aromatic carbocycles. The van der Waals surface area contributed by atoms with Gasteiger partial charge in [0.15, 0.2) is 0 Å². The van der Waals surface area contributed by atoms with E-state index in [1.54, 1.807) is 0 Å². The van der Waals surface area contributed by atoms with Crippen LogP contribution in [-0.4, -0.2) is 44.3 Å². The Bertz CT molecular complexity index is 1020.